The van der Waals surface area contributed by atoms with Gasteiger partial charge in [0.25, 0.3) is 0 Å². The third kappa shape index (κ3) is 6.16. The second-order valence-corrected chi connectivity index (χ2v) is 1.50. The van der Waals surface area contributed by atoms with Crippen LogP contribution in [-0.4, -0.2) is 19.9 Å². The van der Waals surface area contributed by atoms with Crippen LogP contribution in [0.2, 0.25) is 0 Å². The highest BCUT2D eigenvalue weighted by Gasteiger charge is 1.76. The molecule has 0 aliphatic rings. The Hall–Kier alpha value is 0.160. The first kappa shape index (κ1) is 7.16. The molecule has 0 unspecified atom stereocenters. The van der Waals surface area contributed by atoms with Crippen LogP contribution < -0.4 is 5.43 Å². The maximum Gasteiger partial charge on any atom is 0.109 e. The predicted octanol–water partition coefficient (Wildman–Crippen LogP) is 0.558. The maximum atomic E-state index is 4.66. The number of halogens is 1. The Morgan fingerprint density at radius 1 is 1.86 bits per heavy atom. The first-order valence-electron chi connectivity index (χ1n) is 1.84. The van der Waals surface area contributed by atoms with Crippen molar-refractivity contribution in [2.45, 2.75) is 0 Å². The Bertz CT molecular complexity index is 50.2. The summed E-state index contributed by atoms with van der Waals surface area (Å²) < 4.78 is 4.66. The minimum atomic E-state index is 0.666. The second kappa shape index (κ2) is 6.16. The summed E-state index contributed by atoms with van der Waals surface area (Å²) in [4.78, 5) is 0. The van der Waals surface area contributed by atoms with E-state index >= 15 is 0 Å². The van der Waals surface area contributed by atoms with E-state index in [-0.39, 0.29) is 0 Å². The molecule has 0 aromatic heterocycles. The zero-order valence-electron chi connectivity index (χ0n) is 3.85. The SMILES string of the molecule is C=NNCCOI. The van der Waals surface area contributed by atoms with Gasteiger partial charge in [0.05, 0.1) is 13.2 Å². The lowest BCUT2D eigenvalue weighted by molar-refractivity contribution is 0.417. The van der Waals surface area contributed by atoms with Crippen LogP contribution in [0.25, 0.3) is 0 Å². The zero-order valence-corrected chi connectivity index (χ0v) is 6.01. The van der Waals surface area contributed by atoms with Gasteiger partial charge in [-0.05, 0) is 0 Å². The largest absolute Gasteiger partial charge is 0.314 e. The molecule has 0 amide bonds. The molecule has 0 aromatic rings. The van der Waals surface area contributed by atoms with E-state index in [2.05, 4.69) is 20.3 Å². The Morgan fingerprint density at radius 2 is 2.57 bits per heavy atom. The fourth-order valence-corrected chi connectivity index (χ4v) is 0.383. The van der Waals surface area contributed by atoms with E-state index in [0.717, 1.165) is 6.54 Å². The van der Waals surface area contributed by atoms with Gasteiger partial charge in [-0.2, -0.15) is 5.10 Å². The van der Waals surface area contributed by atoms with Crippen molar-refractivity contribution in [1.82, 2.24) is 5.43 Å². The van der Waals surface area contributed by atoms with Gasteiger partial charge in [-0.3, -0.25) is 0 Å². The Balaban J connectivity index is 2.56. The number of nitrogens with zero attached hydrogens (tertiary/aromatic N) is 1. The number of hydrogen-bond acceptors (Lipinski definition) is 3. The molecular weight excluding hydrogens is 207 g/mol. The molecular formula is C3H7IN2O. The van der Waals surface area contributed by atoms with Crippen LogP contribution in [0.3, 0.4) is 0 Å². The average Bonchev–Trinajstić information content (AvgIpc) is 1.69. The van der Waals surface area contributed by atoms with Gasteiger partial charge >= 0.3 is 0 Å². The maximum absolute atomic E-state index is 4.66. The Kier molecular flexibility index (Phi) is 6.30. The molecule has 0 saturated carbocycles. The summed E-state index contributed by atoms with van der Waals surface area (Å²) in [5.41, 5.74) is 2.63. The van der Waals surface area contributed by atoms with Gasteiger partial charge in [0.1, 0.15) is 23.0 Å². The minimum Gasteiger partial charge on any atom is -0.314 e. The van der Waals surface area contributed by atoms with Gasteiger partial charge in [-0.15, -0.1) is 0 Å². The summed E-state index contributed by atoms with van der Waals surface area (Å²) in [5, 5.41) is 3.39. The van der Waals surface area contributed by atoms with Crippen LogP contribution in [0.5, 0.6) is 0 Å². The molecule has 0 bridgehead atoms. The average molecular weight is 214 g/mol. The van der Waals surface area contributed by atoms with Crippen molar-refractivity contribution in [3.8, 4) is 0 Å². The molecule has 0 rings (SSSR count). The molecule has 0 radical (unpaired) electrons. The quantitative estimate of drug-likeness (QED) is 0.321. The summed E-state index contributed by atoms with van der Waals surface area (Å²) >= 11 is 1.83. The topological polar surface area (TPSA) is 33.6 Å². The van der Waals surface area contributed by atoms with Crippen LogP contribution in [-0.2, 0) is 3.07 Å². The molecule has 0 spiro atoms. The molecule has 0 aliphatic carbocycles. The summed E-state index contributed by atoms with van der Waals surface area (Å²) in [6.45, 7) is 4.61. The molecule has 42 valence electrons. The van der Waals surface area contributed by atoms with Gasteiger partial charge in [0.2, 0.25) is 0 Å². The lowest BCUT2D eigenvalue weighted by atomic mass is 10.7. The highest BCUT2D eigenvalue weighted by molar-refractivity contribution is 14.1. The van der Waals surface area contributed by atoms with E-state index in [1.54, 1.807) is 0 Å². The molecule has 0 aromatic carbocycles. The van der Waals surface area contributed by atoms with Crippen LogP contribution in [0, 0.1) is 0 Å². The van der Waals surface area contributed by atoms with Gasteiger partial charge in [0.15, 0.2) is 0 Å². The normalized spacial score (nSPS) is 8.14. The zero-order chi connectivity index (χ0) is 5.54. The Morgan fingerprint density at radius 3 is 3.00 bits per heavy atom. The lowest BCUT2D eigenvalue weighted by Crippen LogP contribution is -2.10. The van der Waals surface area contributed by atoms with Crippen LogP contribution in [0.15, 0.2) is 5.10 Å². The lowest BCUT2D eigenvalue weighted by Gasteiger charge is -1.92. The molecule has 3 nitrogen and oxygen atoms in total. The molecule has 0 saturated heterocycles. The standard InChI is InChI=1S/C3H7IN2O/c1-5-6-2-3-7-4/h6H,1-3H2. The van der Waals surface area contributed by atoms with Gasteiger partial charge < -0.3 is 8.49 Å². The first-order chi connectivity index (χ1) is 3.41. The number of hydrogen-bond donors (Lipinski definition) is 1. The molecule has 0 heterocycles. The monoisotopic (exact) mass is 214 g/mol. The first-order valence-corrected chi connectivity index (χ1v) is 2.72. The van der Waals surface area contributed by atoms with Gasteiger partial charge in [-0.1, -0.05) is 0 Å². The molecule has 1 N–H and O–H groups in total. The number of nitrogens with one attached hydrogen (secondary N) is 1. The van der Waals surface area contributed by atoms with Crippen molar-refractivity contribution in [3.05, 3.63) is 0 Å². The summed E-state index contributed by atoms with van der Waals surface area (Å²) in [5.74, 6) is 0. The van der Waals surface area contributed by atoms with Gasteiger partial charge in [-0.25, -0.2) is 0 Å². The number of hydrazone groups is 1. The predicted molar refractivity (Wildman–Crippen MR) is 37.5 cm³/mol. The smallest absolute Gasteiger partial charge is 0.109 e. The van der Waals surface area contributed by atoms with Crippen LogP contribution >= 0.6 is 23.0 Å². The fraction of sp³-hybridized carbons (Fsp3) is 0.667. The second-order valence-electron chi connectivity index (χ2n) is 0.879. The van der Waals surface area contributed by atoms with Crippen LogP contribution in [0.1, 0.15) is 0 Å². The molecule has 7 heavy (non-hydrogen) atoms. The highest BCUT2D eigenvalue weighted by Crippen LogP contribution is 1.80. The van der Waals surface area contributed by atoms with E-state index < -0.39 is 0 Å². The van der Waals surface area contributed by atoms with E-state index in [1.807, 2.05) is 23.0 Å². The van der Waals surface area contributed by atoms with E-state index in [4.69, 9.17) is 0 Å². The van der Waals surface area contributed by atoms with Crippen molar-refractivity contribution in [2.75, 3.05) is 13.2 Å². The van der Waals surface area contributed by atoms with Crippen molar-refractivity contribution in [2.24, 2.45) is 5.10 Å². The molecule has 4 heteroatoms. The molecule has 0 fully saturated rings. The molecule has 0 atom stereocenters. The van der Waals surface area contributed by atoms with Gasteiger partial charge in [0, 0.05) is 6.72 Å². The third-order valence-electron chi connectivity index (χ3n) is 0.403. The van der Waals surface area contributed by atoms with Crippen molar-refractivity contribution in [3.63, 3.8) is 0 Å². The summed E-state index contributed by atoms with van der Waals surface area (Å²) in [6, 6.07) is 0. The van der Waals surface area contributed by atoms with E-state index in [0.29, 0.717) is 6.61 Å². The third-order valence-corrected chi connectivity index (χ3v) is 0.843. The van der Waals surface area contributed by atoms with Crippen molar-refractivity contribution < 1.29 is 3.07 Å². The number of rotatable bonds is 4. The summed E-state index contributed by atoms with van der Waals surface area (Å²) in [6.07, 6.45) is 0. The Labute approximate surface area is 56.8 Å². The summed E-state index contributed by atoms with van der Waals surface area (Å²) in [7, 11) is 0. The van der Waals surface area contributed by atoms with E-state index in [1.165, 1.54) is 0 Å². The van der Waals surface area contributed by atoms with Crippen molar-refractivity contribution in [1.29, 1.82) is 0 Å². The van der Waals surface area contributed by atoms with Crippen LogP contribution in [0.4, 0.5) is 0 Å². The molecule has 0 aliphatic heterocycles. The fourth-order valence-electron chi connectivity index (χ4n) is 0.163. The van der Waals surface area contributed by atoms with Crippen molar-refractivity contribution >= 4 is 29.7 Å². The van der Waals surface area contributed by atoms with E-state index in [9.17, 15) is 0 Å². The minimum absolute atomic E-state index is 0.666. The highest BCUT2D eigenvalue weighted by atomic mass is 127.